The zero-order valence-electron chi connectivity index (χ0n) is 18.7. The monoisotopic (exact) mass is 479 g/mol. The van der Waals surface area contributed by atoms with Crippen molar-refractivity contribution in [3.8, 4) is 5.75 Å². The number of nitrogens with two attached hydrogens (primary N) is 1. The number of ether oxygens (including phenoxy) is 1. The van der Waals surface area contributed by atoms with Crippen LogP contribution in [0.5, 0.6) is 5.75 Å². The Kier molecular flexibility index (Phi) is 8.16. The second-order valence-electron chi connectivity index (χ2n) is 8.44. The van der Waals surface area contributed by atoms with E-state index in [1.807, 2.05) is 35.2 Å². The molecule has 0 aromatic heterocycles. The third-order valence-corrected chi connectivity index (χ3v) is 5.81. The highest BCUT2D eigenvalue weighted by Gasteiger charge is 2.46. The molecular formula is C24H28F3N3O4. The van der Waals surface area contributed by atoms with Crippen LogP contribution < -0.4 is 15.8 Å². The lowest BCUT2D eigenvalue weighted by molar-refractivity contribution is -0.137. The molecule has 0 spiro atoms. The van der Waals surface area contributed by atoms with Gasteiger partial charge in [-0.15, -0.1) is 0 Å². The Labute approximate surface area is 195 Å². The molecule has 1 aliphatic carbocycles. The van der Waals surface area contributed by atoms with Crippen molar-refractivity contribution >= 4 is 11.8 Å². The van der Waals surface area contributed by atoms with E-state index in [0.29, 0.717) is 6.54 Å². The summed E-state index contributed by atoms with van der Waals surface area (Å²) < 4.78 is 45.0. The number of benzene rings is 2. The topological polar surface area (TPSA) is 105 Å². The fourth-order valence-electron chi connectivity index (χ4n) is 4.23. The molecule has 2 amide bonds. The smallest absolute Gasteiger partial charge is 0.416 e. The quantitative estimate of drug-likeness (QED) is 0.513. The lowest BCUT2D eigenvalue weighted by Gasteiger charge is -2.32. The molecule has 7 nitrogen and oxygen atoms in total. The van der Waals surface area contributed by atoms with Gasteiger partial charge in [-0.05, 0) is 30.8 Å². The molecule has 4 atom stereocenters. The molecule has 1 aliphatic rings. The summed E-state index contributed by atoms with van der Waals surface area (Å²) in [5, 5.41) is 13.9. The third kappa shape index (κ3) is 6.71. The first-order chi connectivity index (χ1) is 16.0. The molecular weight excluding hydrogens is 451 g/mol. The van der Waals surface area contributed by atoms with Gasteiger partial charge in [0, 0.05) is 25.8 Å². The summed E-state index contributed by atoms with van der Waals surface area (Å²) >= 11 is 0. The first-order valence-corrected chi connectivity index (χ1v) is 10.9. The molecule has 184 valence electrons. The van der Waals surface area contributed by atoms with Crippen molar-refractivity contribution in [2.75, 3.05) is 7.05 Å². The maximum absolute atomic E-state index is 13.1. The predicted octanol–water partition coefficient (Wildman–Crippen LogP) is 2.47. The largest absolute Gasteiger partial charge is 0.488 e. The predicted molar refractivity (Wildman–Crippen MR) is 119 cm³/mol. The van der Waals surface area contributed by atoms with Crippen molar-refractivity contribution in [3.05, 3.63) is 65.7 Å². The molecule has 34 heavy (non-hydrogen) atoms. The van der Waals surface area contributed by atoms with E-state index >= 15 is 0 Å². The Morgan fingerprint density at radius 2 is 1.85 bits per heavy atom. The van der Waals surface area contributed by atoms with Crippen molar-refractivity contribution in [3.63, 3.8) is 0 Å². The number of halogens is 3. The zero-order chi connectivity index (χ0) is 24.9. The van der Waals surface area contributed by atoms with Crippen LogP contribution in [-0.4, -0.2) is 53.2 Å². The number of amides is 2. The second kappa shape index (κ2) is 10.9. The number of alkyl halides is 3. The number of primary amides is 1. The van der Waals surface area contributed by atoms with Gasteiger partial charge in [-0.2, -0.15) is 13.2 Å². The number of carbonyl (C=O) groups is 2. The van der Waals surface area contributed by atoms with E-state index in [9.17, 15) is 27.9 Å². The molecule has 0 aliphatic heterocycles. The Morgan fingerprint density at radius 3 is 2.50 bits per heavy atom. The van der Waals surface area contributed by atoms with E-state index in [0.717, 1.165) is 17.7 Å². The van der Waals surface area contributed by atoms with Crippen LogP contribution in [0.4, 0.5) is 13.2 Å². The lowest BCUT2D eigenvalue weighted by Crippen LogP contribution is -2.51. The molecule has 0 unspecified atom stereocenters. The molecule has 0 heterocycles. The summed E-state index contributed by atoms with van der Waals surface area (Å²) in [5.41, 5.74) is 5.25. The lowest BCUT2D eigenvalue weighted by atomic mass is 10.1. The highest BCUT2D eigenvalue weighted by atomic mass is 19.4. The molecule has 2 aromatic carbocycles. The Hall–Kier alpha value is -3.11. The van der Waals surface area contributed by atoms with Gasteiger partial charge in [-0.1, -0.05) is 36.4 Å². The van der Waals surface area contributed by atoms with Gasteiger partial charge in [0.2, 0.25) is 11.8 Å². The maximum atomic E-state index is 13.1. The van der Waals surface area contributed by atoms with E-state index in [2.05, 4.69) is 5.32 Å². The molecule has 4 N–H and O–H groups in total. The zero-order valence-corrected chi connectivity index (χ0v) is 18.7. The first kappa shape index (κ1) is 25.5. The fourth-order valence-corrected chi connectivity index (χ4v) is 4.23. The molecule has 0 bridgehead atoms. The van der Waals surface area contributed by atoms with Crippen LogP contribution in [0.15, 0.2) is 54.6 Å². The summed E-state index contributed by atoms with van der Waals surface area (Å²) in [6, 6.07) is 12.8. The Bertz CT molecular complexity index is 987. The van der Waals surface area contributed by atoms with Gasteiger partial charge in [-0.3, -0.25) is 14.5 Å². The number of likely N-dealkylation sites (N-methyl/N-ethyl adjacent to an activating group) is 1. The number of carbonyl (C=O) groups excluding carboxylic acids is 2. The standard InChI is InChI=1S/C24H28F3N3O4/c1-30(14-15-6-3-2-4-7-15)22-18(29-21(32)11-10-20(28)31)13-19(23(22)33)34-17-9-5-8-16(12-17)24(25,26)27/h2-9,12,18-19,22-23,33H,10-11,13-14H2,1H3,(H2,28,31)(H,29,32)/t18-,19-,22+,23+/m1/s1. The van der Waals surface area contributed by atoms with Crippen LogP contribution in [0.1, 0.15) is 30.4 Å². The SMILES string of the molecule is CN(Cc1ccccc1)[C@@H]1[C@@H](O)[C@H](Oc2cccc(C(F)(F)F)c2)C[C@H]1NC(=O)CCC(N)=O. The van der Waals surface area contributed by atoms with Gasteiger partial charge in [0.05, 0.1) is 17.6 Å². The van der Waals surface area contributed by atoms with Gasteiger partial charge in [0.15, 0.2) is 0 Å². The molecule has 1 fully saturated rings. The van der Waals surface area contributed by atoms with Crippen LogP contribution in [0.2, 0.25) is 0 Å². The van der Waals surface area contributed by atoms with Crippen LogP contribution in [0.3, 0.4) is 0 Å². The number of nitrogens with zero attached hydrogens (tertiary/aromatic N) is 1. The van der Waals surface area contributed by atoms with Gasteiger partial charge in [-0.25, -0.2) is 0 Å². The number of aliphatic hydroxyl groups is 1. The van der Waals surface area contributed by atoms with E-state index in [-0.39, 0.29) is 25.0 Å². The second-order valence-corrected chi connectivity index (χ2v) is 8.44. The van der Waals surface area contributed by atoms with Gasteiger partial charge >= 0.3 is 6.18 Å². The minimum atomic E-state index is -4.52. The van der Waals surface area contributed by atoms with E-state index in [4.69, 9.17) is 10.5 Å². The summed E-state index contributed by atoms with van der Waals surface area (Å²) in [7, 11) is 1.79. The van der Waals surface area contributed by atoms with Gasteiger partial charge in [0.25, 0.3) is 0 Å². The maximum Gasteiger partial charge on any atom is 0.416 e. The van der Waals surface area contributed by atoms with Gasteiger partial charge in [0.1, 0.15) is 18.0 Å². The number of hydrogen-bond acceptors (Lipinski definition) is 5. The van der Waals surface area contributed by atoms with Crippen LogP contribution >= 0.6 is 0 Å². The van der Waals surface area contributed by atoms with Crippen LogP contribution in [-0.2, 0) is 22.3 Å². The van der Waals surface area contributed by atoms with Crippen molar-refractivity contribution in [2.24, 2.45) is 5.73 Å². The van der Waals surface area contributed by atoms with E-state index in [1.165, 1.54) is 12.1 Å². The molecule has 2 aromatic rings. The fraction of sp³-hybridized carbons (Fsp3) is 0.417. The van der Waals surface area contributed by atoms with Gasteiger partial charge < -0.3 is 20.9 Å². The highest BCUT2D eigenvalue weighted by molar-refractivity contribution is 5.83. The highest BCUT2D eigenvalue weighted by Crippen LogP contribution is 2.34. The van der Waals surface area contributed by atoms with Crippen LogP contribution in [0, 0.1) is 0 Å². The number of aliphatic hydroxyl groups excluding tert-OH is 1. The average Bonchev–Trinajstić information content (AvgIpc) is 3.07. The Morgan fingerprint density at radius 1 is 1.15 bits per heavy atom. The Balaban J connectivity index is 1.78. The van der Waals surface area contributed by atoms with E-state index in [1.54, 1.807) is 7.05 Å². The summed E-state index contributed by atoms with van der Waals surface area (Å²) in [4.78, 5) is 25.3. The number of rotatable bonds is 9. The third-order valence-electron chi connectivity index (χ3n) is 5.81. The van der Waals surface area contributed by atoms with Crippen molar-refractivity contribution in [1.82, 2.24) is 10.2 Å². The van der Waals surface area contributed by atoms with Crippen molar-refractivity contribution in [1.29, 1.82) is 0 Å². The first-order valence-electron chi connectivity index (χ1n) is 10.9. The molecule has 10 heteroatoms. The van der Waals surface area contributed by atoms with E-state index < -0.39 is 47.8 Å². The van der Waals surface area contributed by atoms with Crippen molar-refractivity contribution < 1.29 is 32.6 Å². The summed E-state index contributed by atoms with van der Waals surface area (Å²) in [6.07, 6.45) is -6.52. The minimum Gasteiger partial charge on any atom is -0.488 e. The van der Waals surface area contributed by atoms with Crippen molar-refractivity contribution in [2.45, 2.75) is 56.3 Å². The molecule has 1 saturated carbocycles. The normalized spacial score (nSPS) is 22.5. The minimum absolute atomic E-state index is 0.0240. The molecule has 0 saturated heterocycles. The summed E-state index contributed by atoms with van der Waals surface area (Å²) in [6.45, 7) is 0.465. The molecule has 0 radical (unpaired) electrons. The summed E-state index contributed by atoms with van der Waals surface area (Å²) in [5.74, 6) is -1.04. The average molecular weight is 479 g/mol. The van der Waals surface area contributed by atoms with Crippen LogP contribution in [0.25, 0.3) is 0 Å². The number of nitrogens with one attached hydrogen (secondary N) is 1. The number of hydrogen-bond donors (Lipinski definition) is 3. The molecule has 3 rings (SSSR count).